The highest BCUT2D eigenvalue weighted by molar-refractivity contribution is 7.03. The van der Waals surface area contributed by atoms with Gasteiger partial charge in [-0.2, -0.15) is 4.37 Å². The summed E-state index contributed by atoms with van der Waals surface area (Å²) in [5, 5.41) is 4.46. The molecule has 21 heavy (non-hydrogen) atoms. The molecule has 5 nitrogen and oxygen atoms in total. The van der Waals surface area contributed by atoms with Crippen LogP contribution in [-0.4, -0.2) is 29.9 Å². The van der Waals surface area contributed by atoms with Gasteiger partial charge in [-0.25, -0.2) is 0 Å². The fourth-order valence-corrected chi connectivity index (χ4v) is 2.66. The van der Waals surface area contributed by atoms with Crippen LogP contribution >= 0.6 is 11.5 Å². The average molecular weight is 304 g/mol. The Morgan fingerprint density at radius 2 is 2.05 bits per heavy atom. The van der Waals surface area contributed by atoms with Crippen LogP contribution in [0.3, 0.4) is 0 Å². The van der Waals surface area contributed by atoms with Gasteiger partial charge in [-0.1, -0.05) is 30.3 Å². The topological polar surface area (TPSA) is 68.3 Å². The van der Waals surface area contributed by atoms with E-state index in [0.29, 0.717) is 11.3 Å². The number of hydrogen-bond acceptors (Lipinski definition) is 5. The fourth-order valence-electron chi connectivity index (χ4n) is 1.97. The molecule has 0 unspecified atom stereocenters. The number of methoxy groups -OCH3 is 1. The van der Waals surface area contributed by atoms with Crippen molar-refractivity contribution in [2.75, 3.05) is 13.7 Å². The summed E-state index contributed by atoms with van der Waals surface area (Å²) in [5.74, 6) is -1.13. The second-order valence-corrected chi connectivity index (χ2v) is 5.14. The molecule has 1 N–H and O–H groups in total. The van der Waals surface area contributed by atoms with E-state index in [9.17, 15) is 9.59 Å². The maximum Gasteiger partial charge on any atom is 0.314 e. The van der Waals surface area contributed by atoms with Gasteiger partial charge in [0.15, 0.2) is 0 Å². The number of carbonyl (C=O) groups is 2. The minimum Gasteiger partial charge on any atom is -0.468 e. The van der Waals surface area contributed by atoms with Gasteiger partial charge in [0.1, 0.15) is 0 Å². The summed E-state index contributed by atoms with van der Waals surface area (Å²) in [6, 6.07) is 9.24. The van der Waals surface area contributed by atoms with E-state index in [0.717, 1.165) is 5.56 Å². The lowest BCUT2D eigenvalue weighted by Gasteiger charge is -2.15. The third-order valence-corrected chi connectivity index (χ3v) is 3.87. The number of ether oxygens (including phenoxy) is 1. The van der Waals surface area contributed by atoms with Crippen molar-refractivity contribution in [2.24, 2.45) is 0 Å². The number of nitrogens with one attached hydrogen (secondary N) is 1. The zero-order valence-electron chi connectivity index (χ0n) is 11.8. The van der Waals surface area contributed by atoms with Crippen LogP contribution in [0.15, 0.2) is 35.7 Å². The van der Waals surface area contributed by atoms with E-state index in [-0.39, 0.29) is 18.4 Å². The number of benzene rings is 1. The minimum absolute atomic E-state index is 0.185. The molecule has 0 spiro atoms. The first-order chi connectivity index (χ1) is 10.1. The zero-order valence-corrected chi connectivity index (χ0v) is 12.6. The van der Waals surface area contributed by atoms with Crippen LogP contribution in [0.5, 0.6) is 0 Å². The molecule has 1 atom stereocenters. The largest absolute Gasteiger partial charge is 0.468 e. The van der Waals surface area contributed by atoms with Gasteiger partial charge in [-0.3, -0.25) is 9.59 Å². The molecular formula is C15H16N2O3S. The summed E-state index contributed by atoms with van der Waals surface area (Å²) < 4.78 is 8.88. The van der Waals surface area contributed by atoms with Crippen molar-refractivity contribution >= 4 is 23.4 Å². The number of amides is 1. The average Bonchev–Trinajstić information content (AvgIpc) is 2.94. The number of rotatable bonds is 5. The summed E-state index contributed by atoms with van der Waals surface area (Å²) in [7, 11) is 1.34. The van der Waals surface area contributed by atoms with Crippen LogP contribution in [0.4, 0.5) is 0 Å². The van der Waals surface area contributed by atoms with E-state index in [2.05, 4.69) is 9.69 Å². The Hall–Kier alpha value is -2.21. The number of carbonyl (C=O) groups excluding carboxylic acids is 2. The van der Waals surface area contributed by atoms with Crippen molar-refractivity contribution < 1.29 is 14.3 Å². The number of esters is 1. The highest BCUT2D eigenvalue weighted by Gasteiger charge is 2.22. The van der Waals surface area contributed by atoms with Crippen LogP contribution < -0.4 is 5.32 Å². The highest BCUT2D eigenvalue weighted by atomic mass is 32.1. The SMILES string of the molecule is COC(=O)[C@H](CNC(=O)c1csnc1C)c1ccccc1. The molecular weight excluding hydrogens is 288 g/mol. The first-order valence-electron chi connectivity index (χ1n) is 6.45. The van der Waals surface area contributed by atoms with Crippen molar-refractivity contribution in [1.29, 1.82) is 0 Å². The van der Waals surface area contributed by atoms with E-state index < -0.39 is 5.92 Å². The summed E-state index contributed by atoms with van der Waals surface area (Å²) in [4.78, 5) is 24.0. The van der Waals surface area contributed by atoms with Crippen molar-refractivity contribution in [3.8, 4) is 0 Å². The van der Waals surface area contributed by atoms with Gasteiger partial charge >= 0.3 is 5.97 Å². The smallest absolute Gasteiger partial charge is 0.314 e. The lowest BCUT2D eigenvalue weighted by Crippen LogP contribution is -2.32. The van der Waals surface area contributed by atoms with Crippen LogP contribution in [-0.2, 0) is 9.53 Å². The van der Waals surface area contributed by atoms with E-state index >= 15 is 0 Å². The van der Waals surface area contributed by atoms with E-state index in [1.54, 1.807) is 12.3 Å². The Morgan fingerprint density at radius 1 is 1.33 bits per heavy atom. The quantitative estimate of drug-likeness (QED) is 0.859. The molecule has 0 aliphatic rings. The molecule has 110 valence electrons. The Balaban J connectivity index is 2.08. The van der Waals surface area contributed by atoms with Crippen LogP contribution in [0.2, 0.25) is 0 Å². The van der Waals surface area contributed by atoms with E-state index in [1.807, 2.05) is 30.3 Å². The monoisotopic (exact) mass is 304 g/mol. The standard InChI is InChI=1S/C15H16N2O3S/c1-10-13(9-21-17-10)14(18)16-8-12(15(19)20-2)11-6-4-3-5-7-11/h3-7,9,12H,8H2,1-2H3,(H,16,18)/t12-/m1/s1. The predicted octanol–water partition coefficient (Wildman–Crippen LogP) is 2.14. The summed E-state index contributed by atoms with van der Waals surface area (Å²) in [6.07, 6.45) is 0. The molecule has 0 saturated carbocycles. The van der Waals surface area contributed by atoms with E-state index in [4.69, 9.17) is 4.74 Å². The first-order valence-corrected chi connectivity index (χ1v) is 7.29. The molecule has 0 bridgehead atoms. The van der Waals surface area contributed by atoms with Crippen molar-refractivity contribution in [3.63, 3.8) is 0 Å². The minimum atomic E-state index is -0.521. The van der Waals surface area contributed by atoms with Gasteiger partial charge in [0.2, 0.25) is 0 Å². The number of nitrogens with zero attached hydrogens (tertiary/aromatic N) is 1. The molecule has 1 heterocycles. The second-order valence-electron chi connectivity index (χ2n) is 4.51. The van der Waals surface area contributed by atoms with Crippen LogP contribution in [0.1, 0.15) is 27.5 Å². The normalized spacial score (nSPS) is 11.7. The molecule has 0 aliphatic heterocycles. The maximum atomic E-state index is 12.1. The fraction of sp³-hybridized carbons (Fsp3) is 0.267. The third-order valence-electron chi connectivity index (χ3n) is 3.15. The number of hydrogen-bond donors (Lipinski definition) is 1. The first kappa shape index (κ1) is 15.2. The zero-order chi connectivity index (χ0) is 15.2. The van der Waals surface area contributed by atoms with E-state index in [1.165, 1.54) is 18.6 Å². The van der Waals surface area contributed by atoms with Crippen molar-refractivity contribution in [1.82, 2.24) is 9.69 Å². The van der Waals surface area contributed by atoms with Crippen LogP contribution in [0, 0.1) is 6.92 Å². The Labute approximate surface area is 127 Å². The molecule has 1 aromatic heterocycles. The van der Waals surface area contributed by atoms with Gasteiger partial charge in [-0.05, 0) is 24.0 Å². The number of aromatic nitrogens is 1. The molecule has 2 aromatic rings. The van der Waals surface area contributed by atoms with Gasteiger partial charge in [-0.15, -0.1) is 0 Å². The molecule has 2 rings (SSSR count). The molecule has 1 aromatic carbocycles. The molecule has 0 aliphatic carbocycles. The van der Waals surface area contributed by atoms with Gasteiger partial charge < -0.3 is 10.1 Å². The van der Waals surface area contributed by atoms with Gasteiger partial charge in [0.25, 0.3) is 5.91 Å². The number of aryl methyl sites for hydroxylation is 1. The molecule has 0 saturated heterocycles. The summed E-state index contributed by atoms with van der Waals surface area (Å²) in [6.45, 7) is 1.96. The molecule has 1 amide bonds. The third kappa shape index (κ3) is 3.66. The van der Waals surface area contributed by atoms with Crippen molar-refractivity contribution in [3.05, 3.63) is 52.5 Å². The lowest BCUT2D eigenvalue weighted by molar-refractivity contribution is -0.142. The highest BCUT2D eigenvalue weighted by Crippen LogP contribution is 2.17. The Kier molecular flexibility index (Phi) is 5.05. The Morgan fingerprint density at radius 3 is 2.62 bits per heavy atom. The van der Waals surface area contributed by atoms with Crippen molar-refractivity contribution in [2.45, 2.75) is 12.8 Å². The molecule has 0 fully saturated rings. The summed E-state index contributed by atoms with van der Waals surface area (Å²) in [5.41, 5.74) is 2.04. The predicted molar refractivity (Wildman–Crippen MR) is 80.4 cm³/mol. The lowest BCUT2D eigenvalue weighted by atomic mass is 9.99. The Bertz CT molecular complexity index is 625. The summed E-state index contributed by atoms with van der Waals surface area (Å²) >= 11 is 1.23. The second kappa shape index (κ2) is 6.99. The van der Waals surface area contributed by atoms with Gasteiger partial charge in [0.05, 0.1) is 24.3 Å². The molecule has 0 radical (unpaired) electrons. The maximum absolute atomic E-state index is 12.1. The van der Waals surface area contributed by atoms with Gasteiger partial charge in [0, 0.05) is 11.9 Å². The molecule has 6 heteroatoms. The van der Waals surface area contributed by atoms with Crippen LogP contribution in [0.25, 0.3) is 0 Å².